The summed E-state index contributed by atoms with van der Waals surface area (Å²) in [4.78, 5) is 18.5. The topological polar surface area (TPSA) is 33.2 Å². The molecule has 0 radical (unpaired) electrons. The Bertz CT molecular complexity index is 691. The van der Waals surface area contributed by atoms with Gasteiger partial charge in [-0.15, -0.1) is 11.3 Å². The number of aromatic nitrogens is 1. The standard InChI is InChI=1S/C17H19F3N2OS/c1-3-8-22(9-4-2)16(23)14-11-24-15(21-14)12-6-5-7-13(10-12)17(18,19)20/h5-7,10-11H,3-4,8-9H2,1-2H3. The first-order valence-electron chi connectivity index (χ1n) is 7.79. The molecule has 1 heterocycles. The Morgan fingerprint density at radius 1 is 1.21 bits per heavy atom. The molecule has 0 aliphatic rings. The summed E-state index contributed by atoms with van der Waals surface area (Å²) in [7, 11) is 0. The van der Waals surface area contributed by atoms with Crippen molar-refractivity contribution in [3.63, 3.8) is 0 Å². The summed E-state index contributed by atoms with van der Waals surface area (Å²) in [5, 5.41) is 2.02. The summed E-state index contributed by atoms with van der Waals surface area (Å²) >= 11 is 1.18. The molecular formula is C17H19F3N2OS. The van der Waals surface area contributed by atoms with E-state index in [1.54, 1.807) is 16.3 Å². The van der Waals surface area contributed by atoms with Crippen LogP contribution in [0.2, 0.25) is 0 Å². The minimum absolute atomic E-state index is 0.173. The van der Waals surface area contributed by atoms with Gasteiger partial charge in [0.1, 0.15) is 10.7 Å². The van der Waals surface area contributed by atoms with Crippen LogP contribution in [-0.2, 0) is 6.18 Å². The second-order valence-electron chi connectivity index (χ2n) is 5.41. The lowest BCUT2D eigenvalue weighted by Crippen LogP contribution is -2.32. The highest BCUT2D eigenvalue weighted by atomic mass is 32.1. The van der Waals surface area contributed by atoms with Gasteiger partial charge in [0.05, 0.1) is 5.56 Å². The van der Waals surface area contributed by atoms with Crippen LogP contribution in [0, 0.1) is 0 Å². The van der Waals surface area contributed by atoms with Crippen LogP contribution in [0.15, 0.2) is 29.6 Å². The molecule has 130 valence electrons. The van der Waals surface area contributed by atoms with Gasteiger partial charge < -0.3 is 4.90 Å². The molecule has 0 saturated heterocycles. The lowest BCUT2D eigenvalue weighted by molar-refractivity contribution is -0.137. The third-order valence-corrected chi connectivity index (χ3v) is 4.33. The van der Waals surface area contributed by atoms with Gasteiger partial charge >= 0.3 is 6.18 Å². The number of hydrogen-bond donors (Lipinski definition) is 0. The highest BCUT2D eigenvalue weighted by Crippen LogP contribution is 2.33. The van der Waals surface area contributed by atoms with Gasteiger partial charge in [-0.05, 0) is 25.0 Å². The summed E-state index contributed by atoms with van der Waals surface area (Å²) in [5.41, 5.74) is -0.0672. The zero-order valence-electron chi connectivity index (χ0n) is 13.6. The van der Waals surface area contributed by atoms with Crippen LogP contribution in [0.3, 0.4) is 0 Å². The summed E-state index contributed by atoms with van der Waals surface area (Å²) in [6.07, 6.45) is -2.71. The van der Waals surface area contributed by atoms with E-state index in [1.807, 2.05) is 13.8 Å². The molecule has 0 aliphatic carbocycles. The monoisotopic (exact) mass is 356 g/mol. The predicted octanol–water partition coefficient (Wildman–Crippen LogP) is 5.09. The number of halogens is 3. The van der Waals surface area contributed by atoms with Crippen molar-refractivity contribution in [3.05, 3.63) is 40.9 Å². The van der Waals surface area contributed by atoms with Crippen LogP contribution >= 0.6 is 11.3 Å². The van der Waals surface area contributed by atoms with Gasteiger partial charge in [-0.2, -0.15) is 13.2 Å². The Morgan fingerprint density at radius 3 is 2.46 bits per heavy atom. The molecular weight excluding hydrogens is 337 g/mol. The molecule has 0 bridgehead atoms. The largest absolute Gasteiger partial charge is 0.416 e. The van der Waals surface area contributed by atoms with Crippen molar-refractivity contribution in [2.75, 3.05) is 13.1 Å². The fraction of sp³-hybridized carbons (Fsp3) is 0.412. The lowest BCUT2D eigenvalue weighted by Gasteiger charge is -2.20. The molecule has 7 heteroatoms. The normalized spacial score (nSPS) is 11.5. The smallest absolute Gasteiger partial charge is 0.337 e. The predicted molar refractivity (Wildman–Crippen MR) is 89.0 cm³/mol. The van der Waals surface area contributed by atoms with E-state index in [0.717, 1.165) is 25.0 Å². The Kier molecular flexibility index (Phi) is 5.99. The first-order valence-corrected chi connectivity index (χ1v) is 8.67. The molecule has 0 N–H and O–H groups in total. The molecule has 0 unspecified atom stereocenters. The molecule has 3 nitrogen and oxygen atoms in total. The number of carbonyl (C=O) groups excluding carboxylic acids is 1. The van der Waals surface area contributed by atoms with Gasteiger partial charge in [0.15, 0.2) is 0 Å². The average molecular weight is 356 g/mol. The maximum Gasteiger partial charge on any atom is 0.416 e. The minimum atomic E-state index is -4.40. The van der Waals surface area contributed by atoms with Gasteiger partial charge in [0.25, 0.3) is 5.91 Å². The highest BCUT2D eigenvalue weighted by Gasteiger charge is 2.30. The molecule has 0 atom stereocenters. The average Bonchev–Trinajstić information content (AvgIpc) is 3.03. The number of carbonyl (C=O) groups is 1. The van der Waals surface area contributed by atoms with Crippen LogP contribution in [-0.4, -0.2) is 28.9 Å². The van der Waals surface area contributed by atoms with Crippen molar-refractivity contribution in [2.45, 2.75) is 32.9 Å². The SMILES string of the molecule is CCCN(CCC)C(=O)c1csc(-c2cccc(C(F)(F)F)c2)n1. The molecule has 1 aromatic carbocycles. The van der Waals surface area contributed by atoms with Crippen molar-refractivity contribution in [1.82, 2.24) is 9.88 Å². The van der Waals surface area contributed by atoms with Gasteiger partial charge in [0, 0.05) is 24.0 Å². The zero-order chi connectivity index (χ0) is 17.7. The molecule has 0 aliphatic heterocycles. The van der Waals surface area contributed by atoms with E-state index in [1.165, 1.54) is 17.4 Å². The number of alkyl halides is 3. The second kappa shape index (κ2) is 7.79. The Labute approximate surface area is 143 Å². The number of hydrogen-bond acceptors (Lipinski definition) is 3. The highest BCUT2D eigenvalue weighted by molar-refractivity contribution is 7.13. The molecule has 0 spiro atoms. The van der Waals surface area contributed by atoms with E-state index in [-0.39, 0.29) is 11.6 Å². The molecule has 1 amide bonds. The summed E-state index contributed by atoms with van der Waals surface area (Å²) in [6, 6.07) is 5.00. The second-order valence-corrected chi connectivity index (χ2v) is 6.27. The molecule has 2 rings (SSSR count). The van der Waals surface area contributed by atoms with Gasteiger partial charge in [-0.1, -0.05) is 26.0 Å². The third-order valence-electron chi connectivity index (χ3n) is 3.43. The van der Waals surface area contributed by atoms with Crippen LogP contribution in [0.4, 0.5) is 13.2 Å². The number of nitrogens with zero attached hydrogens (tertiary/aromatic N) is 2. The van der Waals surface area contributed by atoms with E-state index in [2.05, 4.69) is 4.98 Å². The van der Waals surface area contributed by atoms with Crippen molar-refractivity contribution in [1.29, 1.82) is 0 Å². The molecule has 0 fully saturated rings. The first-order chi connectivity index (χ1) is 11.4. The van der Waals surface area contributed by atoms with E-state index < -0.39 is 11.7 Å². The number of rotatable bonds is 6. The Hall–Kier alpha value is -1.89. The summed E-state index contributed by atoms with van der Waals surface area (Å²) in [5.74, 6) is -0.173. The molecule has 0 saturated carbocycles. The van der Waals surface area contributed by atoms with Crippen LogP contribution < -0.4 is 0 Å². The third kappa shape index (κ3) is 4.35. The number of benzene rings is 1. The van der Waals surface area contributed by atoms with E-state index in [4.69, 9.17) is 0 Å². The van der Waals surface area contributed by atoms with Crippen molar-refractivity contribution in [2.24, 2.45) is 0 Å². The maximum atomic E-state index is 12.8. The van der Waals surface area contributed by atoms with Crippen LogP contribution in [0.5, 0.6) is 0 Å². The fourth-order valence-electron chi connectivity index (χ4n) is 2.35. The Balaban J connectivity index is 2.26. The van der Waals surface area contributed by atoms with Gasteiger partial charge in [-0.25, -0.2) is 4.98 Å². The quantitative estimate of drug-likeness (QED) is 0.722. The van der Waals surface area contributed by atoms with Crippen molar-refractivity contribution in [3.8, 4) is 10.6 Å². The fourth-order valence-corrected chi connectivity index (χ4v) is 3.14. The molecule has 24 heavy (non-hydrogen) atoms. The lowest BCUT2D eigenvalue weighted by atomic mass is 10.1. The van der Waals surface area contributed by atoms with Crippen molar-refractivity contribution < 1.29 is 18.0 Å². The van der Waals surface area contributed by atoms with E-state index in [9.17, 15) is 18.0 Å². The minimum Gasteiger partial charge on any atom is -0.337 e. The van der Waals surface area contributed by atoms with Gasteiger partial charge in [-0.3, -0.25) is 4.79 Å². The number of thiazole rings is 1. The van der Waals surface area contributed by atoms with Gasteiger partial charge in [0.2, 0.25) is 0 Å². The summed E-state index contributed by atoms with van der Waals surface area (Å²) in [6.45, 7) is 5.27. The van der Waals surface area contributed by atoms with E-state index in [0.29, 0.717) is 23.7 Å². The first kappa shape index (κ1) is 18.4. The van der Waals surface area contributed by atoms with E-state index >= 15 is 0 Å². The number of amides is 1. The molecule has 1 aromatic heterocycles. The van der Waals surface area contributed by atoms with Crippen molar-refractivity contribution >= 4 is 17.2 Å². The molecule has 2 aromatic rings. The maximum absolute atomic E-state index is 12.8. The summed E-state index contributed by atoms with van der Waals surface area (Å²) < 4.78 is 38.4. The Morgan fingerprint density at radius 2 is 1.88 bits per heavy atom. The zero-order valence-corrected chi connectivity index (χ0v) is 14.4. The van der Waals surface area contributed by atoms with Crippen LogP contribution in [0.1, 0.15) is 42.7 Å². The van der Waals surface area contributed by atoms with Crippen LogP contribution in [0.25, 0.3) is 10.6 Å².